The molecule has 0 bridgehead atoms. The maximum absolute atomic E-state index is 13.0. The van der Waals surface area contributed by atoms with Crippen LogP contribution in [0.2, 0.25) is 0 Å². The fourth-order valence-electron chi connectivity index (χ4n) is 4.26. The Hall–Kier alpha value is -3.68. The molecule has 4 rings (SSSR count). The number of hydrogen-bond donors (Lipinski definition) is 3. The Kier molecular flexibility index (Phi) is 5.94. The van der Waals surface area contributed by atoms with Gasteiger partial charge in [0.25, 0.3) is 11.8 Å². The van der Waals surface area contributed by atoms with Crippen molar-refractivity contribution in [1.82, 2.24) is 15.5 Å². The lowest BCUT2D eigenvalue weighted by Gasteiger charge is -2.22. The summed E-state index contributed by atoms with van der Waals surface area (Å²) in [7, 11) is 0. The molecule has 2 fully saturated rings. The predicted octanol–water partition coefficient (Wildman–Crippen LogP) is 2.76. The number of carbonyl (C=O) groups is 4. The van der Waals surface area contributed by atoms with Crippen LogP contribution in [0.3, 0.4) is 0 Å². The van der Waals surface area contributed by atoms with E-state index in [1.54, 1.807) is 55.5 Å². The number of urea groups is 1. The number of amides is 5. The molecule has 8 heteroatoms. The van der Waals surface area contributed by atoms with Crippen LogP contribution in [0.15, 0.2) is 54.6 Å². The zero-order valence-corrected chi connectivity index (χ0v) is 17.9. The van der Waals surface area contributed by atoms with E-state index in [1.807, 2.05) is 6.07 Å². The maximum atomic E-state index is 13.0. The van der Waals surface area contributed by atoms with Crippen LogP contribution in [0.25, 0.3) is 0 Å². The first-order valence-corrected chi connectivity index (χ1v) is 10.8. The molecule has 1 saturated heterocycles. The summed E-state index contributed by atoms with van der Waals surface area (Å²) in [5.74, 6) is -1.32. The van der Waals surface area contributed by atoms with Crippen molar-refractivity contribution >= 4 is 29.4 Å². The van der Waals surface area contributed by atoms with Crippen molar-refractivity contribution in [2.75, 3.05) is 11.9 Å². The number of nitrogens with zero attached hydrogens (tertiary/aromatic N) is 1. The Morgan fingerprint density at radius 1 is 1.03 bits per heavy atom. The molecule has 166 valence electrons. The van der Waals surface area contributed by atoms with E-state index in [2.05, 4.69) is 16.0 Å². The fourth-order valence-corrected chi connectivity index (χ4v) is 4.26. The van der Waals surface area contributed by atoms with Crippen molar-refractivity contribution in [2.24, 2.45) is 0 Å². The molecule has 2 aromatic carbocycles. The molecule has 8 nitrogen and oxygen atoms in total. The molecule has 32 heavy (non-hydrogen) atoms. The Morgan fingerprint density at radius 2 is 1.69 bits per heavy atom. The van der Waals surface area contributed by atoms with E-state index in [0.717, 1.165) is 30.6 Å². The minimum Gasteiger partial charge on any atom is -0.349 e. The SMILES string of the molecule is C[C@]1(c2ccccc2)NC(=O)N(CC(=O)Nc2ccccc2C(=O)NC2CCCC2)C1=O. The summed E-state index contributed by atoms with van der Waals surface area (Å²) < 4.78 is 0. The summed E-state index contributed by atoms with van der Waals surface area (Å²) in [6.07, 6.45) is 4.09. The molecule has 2 aliphatic rings. The number of para-hydroxylation sites is 1. The van der Waals surface area contributed by atoms with E-state index in [1.165, 1.54) is 0 Å². The number of carbonyl (C=O) groups excluding carboxylic acids is 4. The fraction of sp³-hybridized carbons (Fsp3) is 0.333. The number of imide groups is 1. The highest BCUT2D eigenvalue weighted by Gasteiger charge is 2.49. The van der Waals surface area contributed by atoms with Crippen molar-refractivity contribution in [3.63, 3.8) is 0 Å². The molecule has 1 aliphatic carbocycles. The standard InChI is InChI=1S/C24H26N4O4/c1-24(16-9-3-2-4-10-16)22(31)28(23(32)27-24)15-20(29)26-19-14-8-7-13-18(19)21(30)25-17-11-5-6-12-17/h2-4,7-10,13-14,17H,5-6,11-12,15H2,1H3,(H,25,30)(H,26,29)(H,27,32)/t24-/m1/s1. The molecule has 1 aliphatic heterocycles. The first kappa shape index (κ1) is 21.5. The quantitative estimate of drug-likeness (QED) is 0.608. The first-order valence-electron chi connectivity index (χ1n) is 10.8. The lowest BCUT2D eigenvalue weighted by Crippen LogP contribution is -2.42. The van der Waals surface area contributed by atoms with Gasteiger partial charge in [0.15, 0.2) is 0 Å². The van der Waals surface area contributed by atoms with Gasteiger partial charge in [-0.05, 0) is 37.5 Å². The minimum atomic E-state index is -1.24. The largest absolute Gasteiger partial charge is 0.349 e. The number of nitrogens with one attached hydrogen (secondary N) is 3. The summed E-state index contributed by atoms with van der Waals surface area (Å²) in [6.45, 7) is 1.16. The van der Waals surface area contributed by atoms with Crippen molar-refractivity contribution < 1.29 is 19.2 Å². The maximum Gasteiger partial charge on any atom is 0.325 e. The van der Waals surface area contributed by atoms with E-state index in [0.29, 0.717) is 16.8 Å². The van der Waals surface area contributed by atoms with Gasteiger partial charge in [-0.2, -0.15) is 0 Å². The Bertz CT molecular complexity index is 1050. The average molecular weight is 434 g/mol. The van der Waals surface area contributed by atoms with Gasteiger partial charge < -0.3 is 16.0 Å². The van der Waals surface area contributed by atoms with Crippen molar-refractivity contribution in [3.05, 3.63) is 65.7 Å². The van der Waals surface area contributed by atoms with Crippen LogP contribution >= 0.6 is 0 Å². The van der Waals surface area contributed by atoms with Crippen LogP contribution in [0.5, 0.6) is 0 Å². The zero-order chi connectivity index (χ0) is 22.7. The second kappa shape index (κ2) is 8.82. The lowest BCUT2D eigenvalue weighted by molar-refractivity contribution is -0.133. The van der Waals surface area contributed by atoms with Gasteiger partial charge in [-0.15, -0.1) is 0 Å². The van der Waals surface area contributed by atoms with Gasteiger partial charge in [0.1, 0.15) is 12.1 Å². The Morgan fingerprint density at radius 3 is 2.41 bits per heavy atom. The predicted molar refractivity (Wildman–Crippen MR) is 119 cm³/mol. The first-order chi connectivity index (χ1) is 15.4. The number of benzene rings is 2. The summed E-state index contributed by atoms with van der Waals surface area (Å²) in [5.41, 5.74) is 0.0812. The van der Waals surface area contributed by atoms with Crippen molar-refractivity contribution in [3.8, 4) is 0 Å². The van der Waals surface area contributed by atoms with Crippen molar-refractivity contribution in [1.29, 1.82) is 0 Å². The van der Waals surface area contributed by atoms with Gasteiger partial charge in [0, 0.05) is 6.04 Å². The third-order valence-corrected chi connectivity index (χ3v) is 6.06. The monoisotopic (exact) mass is 434 g/mol. The van der Waals surface area contributed by atoms with E-state index in [-0.39, 0.29) is 11.9 Å². The van der Waals surface area contributed by atoms with Crippen LogP contribution in [0.4, 0.5) is 10.5 Å². The zero-order valence-electron chi connectivity index (χ0n) is 17.9. The van der Waals surface area contributed by atoms with Crippen molar-refractivity contribution in [2.45, 2.75) is 44.2 Å². The summed E-state index contributed by atoms with van der Waals surface area (Å²) in [6, 6.07) is 15.1. The molecule has 1 atom stereocenters. The molecule has 2 aromatic rings. The smallest absolute Gasteiger partial charge is 0.325 e. The van der Waals surface area contributed by atoms with E-state index >= 15 is 0 Å². The summed E-state index contributed by atoms with van der Waals surface area (Å²) >= 11 is 0. The molecule has 0 unspecified atom stereocenters. The van der Waals surface area contributed by atoms with Crippen LogP contribution in [-0.4, -0.2) is 41.2 Å². The molecule has 1 heterocycles. The van der Waals surface area contributed by atoms with Crippen LogP contribution in [0, 0.1) is 0 Å². The number of hydrogen-bond acceptors (Lipinski definition) is 4. The Balaban J connectivity index is 1.45. The third kappa shape index (κ3) is 4.21. The molecular formula is C24H26N4O4. The Labute approximate surface area is 186 Å². The average Bonchev–Trinajstić information content (AvgIpc) is 3.37. The highest BCUT2D eigenvalue weighted by molar-refractivity contribution is 6.11. The van der Waals surface area contributed by atoms with E-state index < -0.39 is 29.9 Å². The summed E-state index contributed by atoms with van der Waals surface area (Å²) in [5, 5.41) is 8.36. The molecule has 5 amide bonds. The number of rotatable bonds is 6. The second-order valence-corrected chi connectivity index (χ2v) is 8.36. The van der Waals surface area contributed by atoms with E-state index in [4.69, 9.17) is 0 Å². The minimum absolute atomic E-state index is 0.146. The second-order valence-electron chi connectivity index (χ2n) is 8.36. The summed E-state index contributed by atoms with van der Waals surface area (Å²) in [4.78, 5) is 51.8. The van der Waals surface area contributed by atoms with Gasteiger partial charge in [0.2, 0.25) is 5.91 Å². The normalized spacial score (nSPS) is 20.8. The van der Waals surface area contributed by atoms with Gasteiger partial charge in [-0.1, -0.05) is 55.3 Å². The molecule has 0 spiro atoms. The molecular weight excluding hydrogens is 408 g/mol. The molecule has 1 saturated carbocycles. The van der Waals surface area contributed by atoms with Crippen LogP contribution < -0.4 is 16.0 Å². The van der Waals surface area contributed by atoms with Gasteiger partial charge in [0.05, 0.1) is 11.3 Å². The van der Waals surface area contributed by atoms with Crippen LogP contribution in [-0.2, 0) is 15.1 Å². The lowest BCUT2D eigenvalue weighted by atomic mass is 9.92. The van der Waals surface area contributed by atoms with Crippen LogP contribution in [0.1, 0.15) is 48.5 Å². The molecule has 0 aromatic heterocycles. The number of anilines is 1. The van der Waals surface area contributed by atoms with Gasteiger partial charge in [-0.25, -0.2) is 4.79 Å². The molecule has 0 radical (unpaired) electrons. The van der Waals surface area contributed by atoms with E-state index in [9.17, 15) is 19.2 Å². The van der Waals surface area contributed by atoms with Gasteiger partial charge >= 0.3 is 6.03 Å². The highest BCUT2D eigenvalue weighted by atomic mass is 16.2. The topological polar surface area (TPSA) is 108 Å². The molecule has 3 N–H and O–H groups in total. The van der Waals surface area contributed by atoms with Gasteiger partial charge in [-0.3, -0.25) is 19.3 Å². The third-order valence-electron chi connectivity index (χ3n) is 6.06. The highest BCUT2D eigenvalue weighted by Crippen LogP contribution is 2.28.